The number of nitrogens with zero attached hydrogens (tertiary/aromatic N) is 1. The first-order chi connectivity index (χ1) is 10.9. The van der Waals surface area contributed by atoms with Crippen LogP contribution in [0.4, 0.5) is 0 Å². The maximum absolute atomic E-state index is 12.5. The van der Waals surface area contributed by atoms with Crippen molar-refractivity contribution in [2.75, 3.05) is 13.1 Å². The zero-order valence-corrected chi connectivity index (χ0v) is 14.2. The number of nitrogens with one attached hydrogen (secondary N) is 1. The Labute approximate surface area is 138 Å². The van der Waals surface area contributed by atoms with Crippen molar-refractivity contribution in [2.24, 2.45) is 11.7 Å². The van der Waals surface area contributed by atoms with E-state index < -0.39 is 6.04 Å². The Balaban J connectivity index is 1.99. The molecule has 126 valence electrons. The zero-order valence-electron chi connectivity index (χ0n) is 14.2. The molecule has 0 radical (unpaired) electrons. The van der Waals surface area contributed by atoms with Crippen molar-refractivity contribution in [1.82, 2.24) is 10.2 Å². The van der Waals surface area contributed by atoms with Crippen LogP contribution in [0.25, 0.3) is 0 Å². The molecule has 3 N–H and O–H groups in total. The van der Waals surface area contributed by atoms with Gasteiger partial charge in [-0.25, -0.2) is 0 Å². The van der Waals surface area contributed by atoms with E-state index in [1.54, 1.807) is 0 Å². The number of aryl methyl sites for hydroxylation is 1. The van der Waals surface area contributed by atoms with Gasteiger partial charge >= 0.3 is 0 Å². The van der Waals surface area contributed by atoms with E-state index in [1.807, 2.05) is 30.9 Å². The summed E-state index contributed by atoms with van der Waals surface area (Å²) in [5, 5.41) is 2.67. The number of hydrogen-bond donors (Lipinski definition) is 2. The van der Waals surface area contributed by atoms with Crippen molar-refractivity contribution in [3.8, 4) is 0 Å². The number of hydrogen-bond acceptors (Lipinski definition) is 3. The van der Waals surface area contributed by atoms with Crippen molar-refractivity contribution in [3.05, 3.63) is 35.4 Å². The summed E-state index contributed by atoms with van der Waals surface area (Å²) in [6, 6.07) is 7.70. The predicted molar refractivity (Wildman–Crippen MR) is 90.7 cm³/mol. The van der Waals surface area contributed by atoms with Crippen LogP contribution in [0.3, 0.4) is 0 Å². The van der Waals surface area contributed by atoms with E-state index >= 15 is 0 Å². The van der Waals surface area contributed by atoms with Gasteiger partial charge in [0.2, 0.25) is 11.8 Å². The highest BCUT2D eigenvalue weighted by Crippen LogP contribution is 2.33. The highest BCUT2D eigenvalue weighted by atomic mass is 16.2. The minimum absolute atomic E-state index is 0.0155. The van der Waals surface area contributed by atoms with Crippen molar-refractivity contribution in [3.63, 3.8) is 0 Å². The Morgan fingerprint density at radius 2 is 2.04 bits per heavy atom. The van der Waals surface area contributed by atoms with Gasteiger partial charge in [0, 0.05) is 6.54 Å². The van der Waals surface area contributed by atoms with Gasteiger partial charge in [0.05, 0.1) is 18.6 Å². The maximum atomic E-state index is 12.5. The van der Waals surface area contributed by atoms with E-state index in [-0.39, 0.29) is 30.3 Å². The Kier molecular flexibility index (Phi) is 5.77. The third-order valence-electron chi connectivity index (χ3n) is 4.56. The lowest BCUT2D eigenvalue weighted by Crippen LogP contribution is -2.47. The molecule has 5 heteroatoms. The van der Waals surface area contributed by atoms with Crippen LogP contribution in [-0.2, 0) is 9.59 Å². The molecule has 1 aromatic carbocycles. The van der Waals surface area contributed by atoms with Crippen molar-refractivity contribution < 1.29 is 9.59 Å². The molecule has 2 amide bonds. The van der Waals surface area contributed by atoms with Gasteiger partial charge in [0.25, 0.3) is 0 Å². The van der Waals surface area contributed by atoms with Gasteiger partial charge in [-0.1, -0.05) is 38.1 Å². The summed E-state index contributed by atoms with van der Waals surface area (Å²) in [6.07, 6.45) is 1.96. The lowest BCUT2D eigenvalue weighted by molar-refractivity contribution is -0.134. The smallest absolute Gasteiger partial charge is 0.242 e. The number of nitrogens with two attached hydrogens (primary N) is 1. The second-order valence-corrected chi connectivity index (χ2v) is 6.59. The first-order valence-corrected chi connectivity index (χ1v) is 8.30. The number of carbonyl (C=O) groups is 2. The molecule has 5 nitrogen and oxygen atoms in total. The minimum Gasteiger partial charge on any atom is -0.346 e. The van der Waals surface area contributed by atoms with Crippen LogP contribution in [0.1, 0.15) is 43.9 Å². The molecule has 0 aromatic heterocycles. The van der Waals surface area contributed by atoms with Crippen LogP contribution in [0, 0.1) is 12.8 Å². The van der Waals surface area contributed by atoms with Gasteiger partial charge in [0.1, 0.15) is 0 Å². The van der Waals surface area contributed by atoms with Crippen molar-refractivity contribution >= 4 is 11.8 Å². The molecule has 1 unspecified atom stereocenters. The van der Waals surface area contributed by atoms with Gasteiger partial charge < -0.3 is 16.0 Å². The molecule has 0 aliphatic carbocycles. The largest absolute Gasteiger partial charge is 0.346 e. The summed E-state index contributed by atoms with van der Waals surface area (Å²) < 4.78 is 0. The van der Waals surface area contributed by atoms with Crippen LogP contribution in [0.5, 0.6) is 0 Å². The molecule has 0 spiro atoms. The quantitative estimate of drug-likeness (QED) is 0.869. The maximum Gasteiger partial charge on any atom is 0.242 e. The Morgan fingerprint density at radius 3 is 2.70 bits per heavy atom. The Bertz CT molecular complexity index is 571. The number of carbonyl (C=O) groups excluding carboxylic acids is 2. The Morgan fingerprint density at radius 1 is 1.35 bits per heavy atom. The Hall–Kier alpha value is -1.88. The summed E-state index contributed by atoms with van der Waals surface area (Å²) in [5.74, 6) is -0.253. The third-order valence-corrected chi connectivity index (χ3v) is 4.56. The third kappa shape index (κ3) is 4.10. The molecule has 0 bridgehead atoms. The molecular weight excluding hydrogens is 290 g/mol. The molecule has 1 aliphatic heterocycles. The van der Waals surface area contributed by atoms with E-state index in [0.29, 0.717) is 0 Å². The average Bonchev–Trinajstić information content (AvgIpc) is 3.01. The molecule has 1 heterocycles. The summed E-state index contributed by atoms with van der Waals surface area (Å²) in [7, 11) is 0. The van der Waals surface area contributed by atoms with Crippen molar-refractivity contribution in [2.45, 2.75) is 45.7 Å². The SMILES string of the molecule is Cc1ccccc1C1CCCN1C(=O)CNC(=O)[C@@H](N)C(C)C. The number of benzene rings is 1. The lowest BCUT2D eigenvalue weighted by Gasteiger charge is -2.27. The predicted octanol–water partition coefficient (Wildman–Crippen LogP) is 1.76. The van der Waals surface area contributed by atoms with E-state index in [1.165, 1.54) is 11.1 Å². The van der Waals surface area contributed by atoms with Crippen LogP contribution >= 0.6 is 0 Å². The standard InChI is InChI=1S/C18H27N3O2/c1-12(2)17(19)18(23)20-11-16(22)21-10-6-9-15(21)14-8-5-4-7-13(14)3/h4-5,7-8,12,15,17H,6,9-11,19H2,1-3H3,(H,20,23)/t15?,17-/m0/s1. The van der Waals surface area contributed by atoms with Gasteiger partial charge in [0.15, 0.2) is 0 Å². The number of likely N-dealkylation sites (tertiary alicyclic amines) is 1. The zero-order chi connectivity index (χ0) is 17.0. The van der Waals surface area contributed by atoms with Crippen molar-refractivity contribution in [1.29, 1.82) is 0 Å². The molecule has 0 saturated carbocycles. The minimum atomic E-state index is -0.575. The van der Waals surface area contributed by atoms with Gasteiger partial charge in [-0.05, 0) is 36.8 Å². The van der Waals surface area contributed by atoms with E-state index in [2.05, 4.69) is 24.4 Å². The molecule has 1 saturated heterocycles. The monoisotopic (exact) mass is 317 g/mol. The first kappa shape index (κ1) is 17.5. The van der Waals surface area contributed by atoms with Crippen LogP contribution in [0.2, 0.25) is 0 Å². The van der Waals surface area contributed by atoms with Crippen LogP contribution in [-0.4, -0.2) is 35.8 Å². The van der Waals surface area contributed by atoms with Gasteiger partial charge in [-0.2, -0.15) is 0 Å². The molecule has 23 heavy (non-hydrogen) atoms. The van der Waals surface area contributed by atoms with E-state index in [4.69, 9.17) is 5.73 Å². The summed E-state index contributed by atoms with van der Waals surface area (Å²) in [4.78, 5) is 26.3. The molecule has 1 fully saturated rings. The summed E-state index contributed by atoms with van der Waals surface area (Å²) in [6.45, 7) is 6.60. The molecule has 2 atom stereocenters. The second-order valence-electron chi connectivity index (χ2n) is 6.59. The molecule has 1 aliphatic rings. The van der Waals surface area contributed by atoms with Crippen LogP contribution in [0.15, 0.2) is 24.3 Å². The van der Waals surface area contributed by atoms with E-state index in [0.717, 1.165) is 19.4 Å². The summed E-state index contributed by atoms with van der Waals surface area (Å²) in [5.41, 5.74) is 8.20. The fourth-order valence-corrected chi connectivity index (χ4v) is 3.03. The first-order valence-electron chi connectivity index (χ1n) is 8.30. The topological polar surface area (TPSA) is 75.4 Å². The average molecular weight is 317 g/mol. The molecule has 2 rings (SSSR count). The summed E-state index contributed by atoms with van der Waals surface area (Å²) >= 11 is 0. The van der Waals surface area contributed by atoms with E-state index in [9.17, 15) is 9.59 Å². The lowest BCUT2D eigenvalue weighted by atomic mass is 9.99. The second kappa shape index (κ2) is 7.59. The highest BCUT2D eigenvalue weighted by molar-refractivity contribution is 5.87. The van der Waals surface area contributed by atoms with Gasteiger partial charge in [-0.3, -0.25) is 9.59 Å². The number of amides is 2. The molecule has 1 aromatic rings. The highest BCUT2D eigenvalue weighted by Gasteiger charge is 2.31. The number of rotatable bonds is 5. The van der Waals surface area contributed by atoms with Crippen LogP contribution < -0.4 is 11.1 Å². The normalized spacial score (nSPS) is 19.0. The fraction of sp³-hybridized carbons (Fsp3) is 0.556. The molecular formula is C18H27N3O2. The van der Waals surface area contributed by atoms with Gasteiger partial charge in [-0.15, -0.1) is 0 Å². The fourth-order valence-electron chi connectivity index (χ4n) is 3.03.